The number of carbonyl (C=O) groups is 2. The summed E-state index contributed by atoms with van der Waals surface area (Å²) in [6.45, 7) is 9.78. The van der Waals surface area contributed by atoms with Gasteiger partial charge in [0.05, 0.1) is 18.7 Å². The molecule has 0 aliphatic carbocycles. The van der Waals surface area contributed by atoms with Gasteiger partial charge in [0.15, 0.2) is 0 Å². The van der Waals surface area contributed by atoms with E-state index in [9.17, 15) is 9.59 Å². The monoisotopic (exact) mass is 566 g/mol. The Bertz CT molecular complexity index is 1130. The highest BCUT2D eigenvalue weighted by Crippen LogP contribution is 2.32. The Hall–Kier alpha value is -2.62. The Kier molecular flexibility index (Phi) is 9.65. The van der Waals surface area contributed by atoms with E-state index in [0.717, 1.165) is 81.4 Å². The number of methoxy groups -OCH3 is 1. The molecule has 4 heterocycles. The molecule has 0 unspecified atom stereocenters. The number of urea groups is 1. The maximum Gasteiger partial charge on any atom is 0.337 e. The maximum absolute atomic E-state index is 13.7. The average Bonchev–Trinajstić information content (AvgIpc) is 3.29. The number of rotatable bonds is 9. The molecule has 0 saturated carbocycles. The molecular weight excluding hydrogens is 524 g/mol. The number of aromatic nitrogens is 1. The van der Waals surface area contributed by atoms with Gasteiger partial charge in [0.1, 0.15) is 5.03 Å². The van der Waals surface area contributed by atoms with Gasteiger partial charge in [0.2, 0.25) is 0 Å². The number of hydrogen-bond acceptors (Lipinski definition) is 7. The lowest BCUT2D eigenvalue weighted by molar-refractivity contribution is 0.0493. The SMILES string of the molecule is COC(=O)c1ccc(Sc2ccc(CN3CCC(N4C(=O)N(C5CCOCC5)C[C@H]4CC(C)C)CC3)cn2)cc1. The van der Waals surface area contributed by atoms with Crippen LogP contribution in [0, 0.1) is 5.92 Å². The van der Waals surface area contributed by atoms with E-state index in [0.29, 0.717) is 29.6 Å². The average molecular weight is 567 g/mol. The maximum atomic E-state index is 13.7. The van der Waals surface area contributed by atoms with Crippen LogP contribution in [-0.4, -0.2) is 89.8 Å². The van der Waals surface area contributed by atoms with E-state index in [4.69, 9.17) is 9.47 Å². The van der Waals surface area contributed by atoms with Gasteiger partial charge < -0.3 is 19.3 Å². The van der Waals surface area contributed by atoms with E-state index in [-0.39, 0.29) is 12.0 Å². The summed E-state index contributed by atoms with van der Waals surface area (Å²) < 4.78 is 10.3. The minimum Gasteiger partial charge on any atom is -0.465 e. The topological polar surface area (TPSA) is 75.2 Å². The second-order valence-corrected chi connectivity index (χ2v) is 12.7. The van der Waals surface area contributed by atoms with Crippen molar-refractivity contribution < 1.29 is 19.1 Å². The van der Waals surface area contributed by atoms with Gasteiger partial charge in [-0.15, -0.1) is 0 Å². The normalized spacial score (nSPS) is 21.4. The lowest BCUT2D eigenvalue weighted by atomic mass is 9.97. The molecule has 3 aliphatic heterocycles. The first kappa shape index (κ1) is 28.9. The fourth-order valence-corrected chi connectivity index (χ4v) is 7.02. The van der Waals surface area contributed by atoms with Gasteiger partial charge in [-0.2, -0.15) is 0 Å². The van der Waals surface area contributed by atoms with Gasteiger partial charge in [0.25, 0.3) is 0 Å². The van der Waals surface area contributed by atoms with Crippen LogP contribution in [0.2, 0.25) is 0 Å². The van der Waals surface area contributed by atoms with Crippen LogP contribution >= 0.6 is 11.8 Å². The molecule has 2 aromatic rings. The predicted octanol–water partition coefficient (Wildman–Crippen LogP) is 5.32. The number of piperidine rings is 1. The van der Waals surface area contributed by atoms with E-state index >= 15 is 0 Å². The van der Waals surface area contributed by atoms with Crippen molar-refractivity contribution >= 4 is 23.8 Å². The number of esters is 1. The fraction of sp³-hybridized carbons (Fsp3) is 0.581. The molecule has 3 fully saturated rings. The summed E-state index contributed by atoms with van der Waals surface area (Å²) in [7, 11) is 1.39. The van der Waals surface area contributed by atoms with Crippen molar-refractivity contribution in [3.8, 4) is 0 Å². The van der Waals surface area contributed by atoms with Crippen LogP contribution in [-0.2, 0) is 16.0 Å². The molecule has 0 N–H and O–H groups in total. The molecular formula is C31H42N4O4S. The number of likely N-dealkylation sites (tertiary alicyclic amines) is 1. The van der Waals surface area contributed by atoms with Gasteiger partial charge >= 0.3 is 12.0 Å². The second-order valence-electron chi connectivity index (χ2n) is 11.6. The second kappa shape index (κ2) is 13.4. The molecule has 0 spiro atoms. The number of nitrogens with zero attached hydrogens (tertiary/aromatic N) is 4. The van der Waals surface area contributed by atoms with Crippen LogP contribution in [0.15, 0.2) is 52.5 Å². The molecule has 2 amide bonds. The van der Waals surface area contributed by atoms with Crippen molar-refractivity contribution in [1.82, 2.24) is 19.7 Å². The van der Waals surface area contributed by atoms with Crippen LogP contribution in [0.25, 0.3) is 0 Å². The van der Waals surface area contributed by atoms with Gasteiger partial charge in [0, 0.05) is 62.6 Å². The minimum absolute atomic E-state index is 0.258. The number of ether oxygens (including phenoxy) is 2. The molecule has 3 aliphatic rings. The summed E-state index contributed by atoms with van der Waals surface area (Å²) in [6, 6.07) is 12.8. The molecule has 40 heavy (non-hydrogen) atoms. The van der Waals surface area contributed by atoms with Crippen molar-refractivity contribution in [2.45, 2.75) is 80.5 Å². The van der Waals surface area contributed by atoms with Crippen LogP contribution in [0.4, 0.5) is 4.79 Å². The van der Waals surface area contributed by atoms with Crippen LogP contribution < -0.4 is 0 Å². The number of amides is 2. The summed E-state index contributed by atoms with van der Waals surface area (Å²) in [6.07, 6.45) is 6.98. The Balaban J connectivity index is 1.13. The third-order valence-electron chi connectivity index (χ3n) is 8.29. The largest absolute Gasteiger partial charge is 0.465 e. The fourth-order valence-electron chi connectivity index (χ4n) is 6.26. The molecule has 8 nitrogen and oxygen atoms in total. The van der Waals surface area contributed by atoms with E-state index < -0.39 is 0 Å². The standard InChI is InChI=1S/C31H42N4O4S/c1-22(2)18-27-21-34(25-12-16-39-17-13-25)31(37)35(27)26-10-14-33(15-11-26)20-23-4-9-29(32-19-23)40-28-7-5-24(6-8-28)30(36)38-3/h4-9,19,22,25-27H,10-18,20-21H2,1-3H3/t27-/m1/s1. The van der Waals surface area contributed by atoms with E-state index in [2.05, 4.69) is 45.7 Å². The van der Waals surface area contributed by atoms with Gasteiger partial charge in [-0.1, -0.05) is 31.7 Å². The number of hydrogen-bond donors (Lipinski definition) is 0. The molecule has 9 heteroatoms. The van der Waals surface area contributed by atoms with Crippen LogP contribution in [0.3, 0.4) is 0 Å². The summed E-state index contributed by atoms with van der Waals surface area (Å²) in [5, 5.41) is 0.922. The van der Waals surface area contributed by atoms with Crippen molar-refractivity contribution in [2.24, 2.45) is 5.92 Å². The molecule has 3 saturated heterocycles. The summed E-state index contributed by atoms with van der Waals surface area (Å²) in [4.78, 5) is 37.9. The number of pyridine rings is 1. The van der Waals surface area contributed by atoms with E-state index in [1.165, 1.54) is 12.7 Å². The highest BCUT2D eigenvalue weighted by Gasteiger charge is 2.44. The number of carbonyl (C=O) groups excluding carboxylic acids is 2. The third kappa shape index (κ3) is 6.98. The lowest BCUT2D eigenvalue weighted by Gasteiger charge is -2.39. The summed E-state index contributed by atoms with van der Waals surface area (Å²) in [5.74, 6) is 0.241. The van der Waals surface area contributed by atoms with Gasteiger partial charge in [-0.3, -0.25) is 4.90 Å². The molecule has 5 rings (SSSR count). The van der Waals surface area contributed by atoms with E-state index in [1.54, 1.807) is 23.9 Å². The molecule has 0 bridgehead atoms. The Morgan fingerprint density at radius 2 is 1.77 bits per heavy atom. The first-order valence-electron chi connectivity index (χ1n) is 14.6. The van der Waals surface area contributed by atoms with Crippen molar-refractivity contribution in [3.05, 3.63) is 53.7 Å². The Labute approximate surface area is 242 Å². The highest BCUT2D eigenvalue weighted by molar-refractivity contribution is 7.99. The van der Waals surface area contributed by atoms with Crippen molar-refractivity contribution in [3.63, 3.8) is 0 Å². The molecule has 0 radical (unpaired) electrons. The Morgan fingerprint density at radius 3 is 2.40 bits per heavy atom. The highest BCUT2D eigenvalue weighted by atomic mass is 32.2. The predicted molar refractivity (Wildman–Crippen MR) is 155 cm³/mol. The minimum atomic E-state index is -0.331. The molecule has 1 aromatic heterocycles. The zero-order valence-electron chi connectivity index (χ0n) is 24.0. The Morgan fingerprint density at radius 1 is 1.05 bits per heavy atom. The zero-order valence-corrected chi connectivity index (χ0v) is 24.8. The summed E-state index contributed by atoms with van der Waals surface area (Å²) in [5.41, 5.74) is 1.74. The molecule has 216 valence electrons. The lowest BCUT2D eigenvalue weighted by Crippen LogP contribution is -2.50. The smallest absolute Gasteiger partial charge is 0.337 e. The van der Waals surface area contributed by atoms with Gasteiger partial charge in [-0.25, -0.2) is 14.6 Å². The summed E-state index contributed by atoms with van der Waals surface area (Å²) >= 11 is 1.57. The van der Waals surface area contributed by atoms with E-state index in [1.807, 2.05) is 18.3 Å². The first-order valence-corrected chi connectivity index (χ1v) is 15.4. The van der Waals surface area contributed by atoms with Gasteiger partial charge in [-0.05, 0) is 73.9 Å². The van der Waals surface area contributed by atoms with Crippen LogP contribution in [0.1, 0.15) is 61.9 Å². The number of benzene rings is 1. The first-order chi connectivity index (χ1) is 19.4. The van der Waals surface area contributed by atoms with Crippen molar-refractivity contribution in [2.75, 3.05) is 40.0 Å². The molecule has 1 aromatic carbocycles. The third-order valence-corrected chi connectivity index (χ3v) is 9.25. The zero-order chi connectivity index (χ0) is 28.1. The van der Waals surface area contributed by atoms with Crippen LogP contribution in [0.5, 0.6) is 0 Å². The quantitative estimate of drug-likeness (QED) is 0.381. The molecule has 1 atom stereocenters. The van der Waals surface area contributed by atoms with Crippen molar-refractivity contribution in [1.29, 1.82) is 0 Å².